The summed E-state index contributed by atoms with van der Waals surface area (Å²) in [7, 11) is 1.87. The van der Waals surface area contributed by atoms with E-state index in [-0.39, 0.29) is 12.1 Å². The van der Waals surface area contributed by atoms with Gasteiger partial charge >= 0.3 is 11.9 Å². The summed E-state index contributed by atoms with van der Waals surface area (Å²) in [5.41, 5.74) is -0.725. The summed E-state index contributed by atoms with van der Waals surface area (Å²) in [5, 5.41) is 8.18. The van der Waals surface area contributed by atoms with Crippen LogP contribution in [0.5, 0.6) is 0 Å². The van der Waals surface area contributed by atoms with Crippen LogP contribution in [-0.2, 0) is 36.3 Å². The topological polar surface area (TPSA) is 69.6 Å². The summed E-state index contributed by atoms with van der Waals surface area (Å²) in [6, 6.07) is 6.76. The minimum atomic E-state index is -4.67. The number of hydrogen-bond acceptors (Lipinski definition) is 5. The van der Waals surface area contributed by atoms with E-state index >= 15 is 0 Å². The van der Waals surface area contributed by atoms with Gasteiger partial charge in [-0.3, -0.25) is 13.9 Å². The van der Waals surface area contributed by atoms with Crippen LogP contribution in [0.1, 0.15) is 47.8 Å². The molecular weight excluding hydrogens is 540 g/mol. The Labute approximate surface area is 234 Å². The number of benzene rings is 1. The van der Waals surface area contributed by atoms with Crippen LogP contribution in [0, 0.1) is 6.92 Å². The second-order valence-corrected chi connectivity index (χ2v) is 11.9. The van der Waals surface area contributed by atoms with Crippen molar-refractivity contribution in [3.8, 4) is 5.69 Å². The molecule has 0 radical (unpaired) electrons. The van der Waals surface area contributed by atoms with Crippen LogP contribution in [0.3, 0.4) is 0 Å². The number of alkyl halides is 4. The summed E-state index contributed by atoms with van der Waals surface area (Å²) in [6.07, 6.45) is 0.896. The van der Waals surface area contributed by atoms with Gasteiger partial charge in [0, 0.05) is 50.9 Å². The lowest BCUT2D eigenvalue weighted by Gasteiger charge is -2.42. The van der Waals surface area contributed by atoms with Gasteiger partial charge in [-0.2, -0.15) is 13.2 Å². The zero-order chi connectivity index (χ0) is 29.2. The normalized spacial score (nSPS) is 19.0. The van der Waals surface area contributed by atoms with Crippen molar-refractivity contribution < 1.29 is 22.3 Å². The molecule has 2 fully saturated rings. The molecule has 1 aromatic carbocycles. The minimum Gasteiger partial charge on any atom is -0.379 e. The Morgan fingerprint density at radius 2 is 1.80 bits per heavy atom. The fourth-order valence-electron chi connectivity index (χ4n) is 5.88. The summed E-state index contributed by atoms with van der Waals surface area (Å²) in [6.45, 7) is 5.43. The first-order chi connectivity index (χ1) is 19.3. The van der Waals surface area contributed by atoms with Crippen LogP contribution in [0.4, 0.5) is 17.6 Å². The maximum absolute atomic E-state index is 14.3. The molecule has 0 spiro atoms. The van der Waals surface area contributed by atoms with Crippen LogP contribution < -0.4 is 5.69 Å². The van der Waals surface area contributed by atoms with Crippen molar-refractivity contribution in [2.75, 3.05) is 26.3 Å². The Morgan fingerprint density at radius 1 is 1.07 bits per heavy atom. The molecule has 2 saturated heterocycles. The van der Waals surface area contributed by atoms with Gasteiger partial charge in [-0.1, -0.05) is 6.07 Å². The van der Waals surface area contributed by atoms with E-state index in [4.69, 9.17) is 4.74 Å². The number of rotatable bonds is 6. The average Bonchev–Trinajstić information content (AvgIpc) is 3.43. The van der Waals surface area contributed by atoms with Gasteiger partial charge in [-0.15, -0.1) is 10.2 Å². The van der Waals surface area contributed by atoms with E-state index in [9.17, 15) is 22.4 Å². The SMILES string of the molecule is Cc1cc(-n2cc3c(C(F)(F)F)cc(CN4CCC(C)(F)CC4)cn3c2=O)cc(C2(Cc3nncn3C)COC2)c1. The lowest BCUT2D eigenvalue weighted by atomic mass is 9.75. The van der Waals surface area contributed by atoms with Crippen molar-refractivity contribution >= 4 is 5.52 Å². The van der Waals surface area contributed by atoms with E-state index in [0.29, 0.717) is 56.8 Å². The second kappa shape index (κ2) is 9.80. The number of aromatic nitrogens is 5. The van der Waals surface area contributed by atoms with Gasteiger partial charge in [0.25, 0.3) is 0 Å². The van der Waals surface area contributed by atoms with Crippen LogP contribution in [-0.4, -0.2) is 60.6 Å². The number of likely N-dealkylation sites (tertiary alicyclic amines) is 1. The van der Waals surface area contributed by atoms with Crippen molar-refractivity contribution in [2.24, 2.45) is 7.05 Å². The number of imidazole rings is 1. The lowest BCUT2D eigenvalue weighted by Crippen LogP contribution is -2.49. The zero-order valence-electron chi connectivity index (χ0n) is 23.2. The number of hydrogen-bond donors (Lipinski definition) is 0. The van der Waals surface area contributed by atoms with Crippen LogP contribution >= 0.6 is 0 Å². The Morgan fingerprint density at radius 3 is 2.41 bits per heavy atom. The Bertz CT molecular complexity index is 1650. The van der Waals surface area contributed by atoms with Gasteiger partial charge in [-0.05, 0) is 61.6 Å². The van der Waals surface area contributed by atoms with E-state index in [1.54, 1.807) is 19.3 Å². The van der Waals surface area contributed by atoms with Gasteiger partial charge in [0.05, 0.1) is 30.0 Å². The Kier molecular flexibility index (Phi) is 6.61. The van der Waals surface area contributed by atoms with Gasteiger partial charge in [0.1, 0.15) is 17.8 Å². The van der Waals surface area contributed by atoms with Crippen LogP contribution in [0.15, 0.2) is 47.8 Å². The average molecular weight is 573 g/mol. The van der Waals surface area contributed by atoms with Crippen LogP contribution in [0.25, 0.3) is 11.2 Å². The number of halogens is 4. The molecule has 0 amide bonds. The van der Waals surface area contributed by atoms with E-state index in [1.807, 2.05) is 35.6 Å². The summed E-state index contributed by atoms with van der Waals surface area (Å²) >= 11 is 0. The van der Waals surface area contributed by atoms with Crippen LogP contribution in [0.2, 0.25) is 0 Å². The van der Waals surface area contributed by atoms with Gasteiger partial charge in [0.2, 0.25) is 0 Å². The van der Waals surface area contributed by atoms with Crippen molar-refractivity contribution in [3.63, 3.8) is 0 Å². The first-order valence-electron chi connectivity index (χ1n) is 13.6. The standard InChI is InChI=1S/C29H32F4N6O2/c1-19-8-21(28(16-41-17-28)12-25-35-34-18-36(25)3)11-22(9-19)38-15-24-23(29(31,32)33)10-20(14-39(24)26(38)40)13-37-6-4-27(2,30)5-7-37/h8-11,14-15,18H,4-7,12-13,16-17H2,1-3H3. The molecule has 0 atom stereocenters. The summed E-state index contributed by atoms with van der Waals surface area (Å²) in [4.78, 5) is 15.6. The molecule has 2 aliphatic heterocycles. The van der Waals surface area contributed by atoms with Gasteiger partial charge in [-0.25, -0.2) is 9.18 Å². The van der Waals surface area contributed by atoms with Crippen molar-refractivity contribution in [3.05, 3.63) is 81.5 Å². The first kappa shape index (κ1) is 27.6. The predicted octanol–water partition coefficient (Wildman–Crippen LogP) is 4.38. The highest BCUT2D eigenvalue weighted by Gasteiger charge is 2.42. The van der Waals surface area contributed by atoms with E-state index < -0.39 is 28.5 Å². The Hall–Kier alpha value is -3.51. The molecule has 0 aliphatic carbocycles. The fourth-order valence-corrected chi connectivity index (χ4v) is 5.88. The quantitative estimate of drug-likeness (QED) is 0.321. The van der Waals surface area contributed by atoms with Crippen molar-refractivity contribution in [1.82, 2.24) is 28.6 Å². The third kappa shape index (κ3) is 5.19. The molecule has 5 heterocycles. The maximum atomic E-state index is 14.3. The smallest absolute Gasteiger partial charge is 0.379 e. The molecule has 0 unspecified atom stereocenters. The molecule has 8 nitrogen and oxygen atoms in total. The molecule has 6 rings (SSSR count). The van der Waals surface area contributed by atoms with Crippen molar-refractivity contribution in [2.45, 2.75) is 56.9 Å². The summed E-state index contributed by atoms with van der Waals surface area (Å²) in [5.74, 6) is 0.787. The zero-order valence-corrected chi connectivity index (χ0v) is 23.2. The number of aryl methyl sites for hydroxylation is 2. The molecule has 4 aromatic rings. The largest absolute Gasteiger partial charge is 0.418 e. The number of pyridine rings is 1. The number of piperidine rings is 1. The molecule has 2 aliphatic rings. The van der Waals surface area contributed by atoms with E-state index in [2.05, 4.69) is 10.2 Å². The first-order valence-corrected chi connectivity index (χ1v) is 13.6. The Balaban J connectivity index is 1.40. The molecule has 3 aromatic heterocycles. The molecule has 12 heteroatoms. The highest BCUT2D eigenvalue weighted by atomic mass is 19.4. The molecule has 0 saturated carbocycles. The highest BCUT2D eigenvalue weighted by molar-refractivity contribution is 5.58. The molecule has 218 valence electrons. The number of ether oxygens (including phenoxy) is 1. The van der Waals surface area contributed by atoms with E-state index in [1.165, 1.54) is 17.0 Å². The van der Waals surface area contributed by atoms with E-state index in [0.717, 1.165) is 27.4 Å². The van der Waals surface area contributed by atoms with Gasteiger partial charge < -0.3 is 9.30 Å². The highest BCUT2D eigenvalue weighted by Crippen LogP contribution is 2.38. The monoisotopic (exact) mass is 572 g/mol. The van der Waals surface area contributed by atoms with Crippen molar-refractivity contribution in [1.29, 1.82) is 0 Å². The molecule has 41 heavy (non-hydrogen) atoms. The third-order valence-electron chi connectivity index (χ3n) is 8.44. The summed E-state index contributed by atoms with van der Waals surface area (Å²) < 4.78 is 66.8. The number of fused-ring (bicyclic) bond motifs is 1. The molecular formula is C29H32F4N6O2. The molecule has 0 N–H and O–H groups in total. The number of nitrogens with zero attached hydrogens (tertiary/aromatic N) is 6. The minimum absolute atomic E-state index is 0.200. The third-order valence-corrected chi connectivity index (χ3v) is 8.44. The van der Waals surface area contributed by atoms with Gasteiger partial charge in [0.15, 0.2) is 0 Å². The molecule has 0 bridgehead atoms. The second-order valence-electron chi connectivity index (χ2n) is 11.9. The fraction of sp³-hybridized carbons (Fsp3) is 0.483. The lowest BCUT2D eigenvalue weighted by molar-refractivity contribution is -0.136. The predicted molar refractivity (Wildman–Crippen MR) is 144 cm³/mol. The maximum Gasteiger partial charge on any atom is 0.418 e.